The highest BCUT2D eigenvalue weighted by molar-refractivity contribution is 8.15. The van der Waals surface area contributed by atoms with E-state index in [9.17, 15) is 19.2 Å². The molecule has 11 unspecified atom stereocenters. The molecule has 0 radical (unpaired) electrons. The number of hydrogen-bond donors (Lipinski definition) is 2. The first kappa shape index (κ1) is 31.2. The molecular formula is C40H28N6O4S4. The SMILES string of the molecule is CC1C=CC(C2=CC3=NC/2=C\C2=C4C5C=CC(C)C(=O)SC45C(/N=C4N=C(/N=c5\[nH]/c(c6c5C5SC(=O)C7CC675)=C\3)C3=C\4C4C=CC3C(=O)S4)N2)C(=O)S1. The van der Waals surface area contributed by atoms with Crippen molar-refractivity contribution in [3.8, 4) is 0 Å². The van der Waals surface area contributed by atoms with Crippen LogP contribution in [-0.4, -0.2) is 64.2 Å². The lowest BCUT2D eigenvalue weighted by Gasteiger charge is -2.33. The van der Waals surface area contributed by atoms with Gasteiger partial charge in [-0.2, -0.15) is 0 Å². The Kier molecular flexibility index (Phi) is 5.82. The van der Waals surface area contributed by atoms with Crippen LogP contribution in [0.5, 0.6) is 0 Å². The molecule has 54 heavy (non-hydrogen) atoms. The minimum Gasteiger partial charge on any atom is -0.362 e. The van der Waals surface area contributed by atoms with Gasteiger partial charge in [-0.05, 0) is 48.3 Å². The highest BCUT2D eigenvalue weighted by atomic mass is 32.2. The summed E-state index contributed by atoms with van der Waals surface area (Å²) in [6.45, 7) is 3.95. The fourth-order valence-electron chi connectivity index (χ4n) is 10.4. The summed E-state index contributed by atoms with van der Waals surface area (Å²) >= 11 is 5.40. The third-order valence-electron chi connectivity index (χ3n) is 13.0. The first-order valence-corrected chi connectivity index (χ1v) is 21.8. The van der Waals surface area contributed by atoms with Crippen LogP contribution in [0.4, 0.5) is 0 Å². The molecule has 11 atom stereocenters. The van der Waals surface area contributed by atoms with E-state index in [0.717, 1.165) is 50.9 Å². The highest BCUT2D eigenvalue weighted by Gasteiger charge is 2.76. The van der Waals surface area contributed by atoms with Crippen LogP contribution in [0.25, 0.3) is 6.08 Å². The maximum Gasteiger partial charge on any atom is 0.201 e. The van der Waals surface area contributed by atoms with Gasteiger partial charge >= 0.3 is 0 Å². The Bertz CT molecular complexity index is 2710. The second-order valence-corrected chi connectivity index (χ2v) is 20.8. The molecule has 10 bridgehead atoms. The number of fused-ring (bicyclic) bond motifs is 12. The van der Waals surface area contributed by atoms with Crippen molar-refractivity contribution < 1.29 is 19.2 Å². The Morgan fingerprint density at radius 3 is 2.48 bits per heavy atom. The summed E-state index contributed by atoms with van der Waals surface area (Å²) in [4.78, 5) is 78.2. The van der Waals surface area contributed by atoms with Crippen LogP contribution in [0.2, 0.25) is 0 Å². The fraction of sp³-hybridized carbons (Fsp3) is 0.350. The van der Waals surface area contributed by atoms with E-state index in [-0.39, 0.29) is 59.4 Å². The number of aromatic amines is 1. The second kappa shape index (κ2) is 10.1. The van der Waals surface area contributed by atoms with Gasteiger partial charge in [0.25, 0.3) is 0 Å². The molecule has 4 aliphatic carbocycles. The first-order valence-electron chi connectivity index (χ1n) is 18.3. The number of thioether (sulfide) groups is 4. The Morgan fingerprint density at radius 1 is 0.796 bits per heavy atom. The first-order chi connectivity index (χ1) is 26.1. The molecular weight excluding hydrogens is 757 g/mol. The molecule has 1 saturated heterocycles. The van der Waals surface area contributed by atoms with Gasteiger partial charge in [0, 0.05) is 56.2 Å². The summed E-state index contributed by atoms with van der Waals surface area (Å²) in [5.41, 5.74) is 8.46. The molecule has 13 aliphatic rings. The zero-order valence-electron chi connectivity index (χ0n) is 28.7. The highest BCUT2D eigenvalue weighted by Crippen LogP contribution is 2.78. The summed E-state index contributed by atoms with van der Waals surface area (Å²) in [5, 5.41) is 4.90. The predicted octanol–water partition coefficient (Wildman–Crippen LogP) is 4.07. The average Bonchev–Trinajstić information content (AvgIpc) is 3.78. The molecule has 14 rings (SSSR count). The van der Waals surface area contributed by atoms with E-state index in [1.54, 1.807) is 0 Å². The Hall–Kier alpha value is -3.98. The number of carbonyl (C=O) groups excluding carboxylic acids is 4. The Morgan fingerprint density at radius 2 is 1.65 bits per heavy atom. The van der Waals surface area contributed by atoms with Gasteiger partial charge in [0.15, 0.2) is 21.9 Å². The second-order valence-electron chi connectivity index (χ2n) is 15.9. The molecule has 14 heteroatoms. The van der Waals surface area contributed by atoms with Crippen LogP contribution in [0.3, 0.4) is 0 Å². The number of nitrogens with zero attached hydrogens (tertiary/aromatic N) is 4. The predicted molar refractivity (Wildman–Crippen MR) is 211 cm³/mol. The number of allylic oxidation sites excluding steroid dienone is 7. The molecule has 9 aliphatic heterocycles. The van der Waals surface area contributed by atoms with Crippen LogP contribution in [0, 0.1) is 29.6 Å². The van der Waals surface area contributed by atoms with Gasteiger partial charge in [-0.15, -0.1) is 0 Å². The molecule has 2 N–H and O–H groups in total. The van der Waals surface area contributed by atoms with Crippen LogP contribution >= 0.6 is 47.0 Å². The number of carbonyl (C=O) groups is 4. The van der Waals surface area contributed by atoms with Gasteiger partial charge in [0.1, 0.15) is 11.7 Å². The summed E-state index contributed by atoms with van der Waals surface area (Å²) in [6, 6.07) is 0. The van der Waals surface area contributed by atoms with E-state index >= 15 is 0 Å². The molecule has 2 saturated carbocycles. The van der Waals surface area contributed by atoms with Gasteiger partial charge < -0.3 is 10.3 Å². The average molecular weight is 785 g/mol. The van der Waals surface area contributed by atoms with Gasteiger partial charge in [0.2, 0.25) is 10.2 Å². The quantitative estimate of drug-likeness (QED) is 0.403. The van der Waals surface area contributed by atoms with Crippen LogP contribution < -0.4 is 16.2 Å². The van der Waals surface area contributed by atoms with Crippen molar-refractivity contribution in [1.29, 1.82) is 0 Å². The van der Waals surface area contributed by atoms with Crippen molar-refractivity contribution in [2.75, 3.05) is 0 Å². The van der Waals surface area contributed by atoms with Crippen LogP contribution in [0.1, 0.15) is 36.6 Å². The minimum absolute atomic E-state index is 0.00200. The lowest BCUT2D eigenvalue weighted by molar-refractivity contribution is -0.113. The number of aromatic nitrogens is 1. The van der Waals surface area contributed by atoms with Crippen LogP contribution in [-0.2, 0) is 24.6 Å². The largest absolute Gasteiger partial charge is 0.362 e. The number of aliphatic imine (C=N–C) groups is 3. The van der Waals surface area contributed by atoms with E-state index in [1.807, 2.05) is 50.3 Å². The lowest BCUT2D eigenvalue weighted by Crippen LogP contribution is -2.38. The van der Waals surface area contributed by atoms with Gasteiger partial charge in [-0.1, -0.05) is 90.4 Å². The monoisotopic (exact) mass is 784 g/mol. The van der Waals surface area contributed by atoms with Crippen molar-refractivity contribution in [3.63, 3.8) is 0 Å². The van der Waals surface area contributed by atoms with E-state index in [4.69, 9.17) is 20.0 Å². The van der Waals surface area contributed by atoms with Gasteiger partial charge in [0.05, 0.1) is 38.5 Å². The molecule has 2 spiro atoms. The summed E-state index contributed by atoms with van der Waals surface area (Å²) in [6.07, 6.45) is 18.6. The normalized spacial score (nSPS) is 45.1. The van der Waals surface area contributed by atoms with Crippen LogP contribution in [0.15, 0.2) is 102 Å². The maximum atomic E-state index is 13.6. The third kappa shape index (κ3) is 3.72. The van der Waals surface area contributed by atoms with Crippen molar-refractivity contribution >= 4 is 91.0 Å². The zero-order valence-corrected chi connectivity index (χ0v) is 31.9. The van der Waals surface area contributed by atoms with E-state index in [0.29, 0.717) is 28.6 Å². The Balaban J connectivity index is 1.07. The smallest absolute Gasteiger partial charge is 0.201 e. The van der Waals surface area contributed by atoms with Crippen molar-refractivity contribution in [1.82, 2.24) is 10.3 Å². The number of nitrogens with one attached hydrogen (secondary N) is 2. The standard InChI is InChI=1S/C40H28N6O4S4/c1-13-3-7-19-28-23-11-21-18(16-5-4-14(2)51-35(16)48)9-15(41-21)10-22-29-27(30-39(29)12-20(39)37(50)53-30)33(42-22)45-31-25-17-6-8-24(52-36(17)49)26(25)32(44-31)46-38(43-23)40(19,28)54-34(13)47/h3-11,13-14,16-17,19-20,24,30,38,43H,12H2,1-2H3,(H,42,44,45,46)/b21-11-,22-10-. The third-order valence-corrected chi connectivity index (χ3v) is 18.2. The molecule has 3 fully saturated rings. The van der Waals surface area contributed by atoms with Crippen molar-refractivity contribution in [2.24, 2.45) is 49.6 Å². The van der Waals surface area contributed by atoms with Crippen molar-refractivity contribution in [3.05, 3.63) is 104 Å². The fourth-order valence-corrected chi connectivity index (χ4v) is 15.4. The summed E-state index contributed by atoms with van der Waals surface area (Å²) < 4.78 is -0.639. The summed E-state index contributed by atoms with van der Waals surface area (Å²) in [5.74, 6) is -0.189. The summed E-state index contributed by atoms with van der Waals surface area (Å²) in [7, 11) is 0. The van der Waals surface area contributed by atoms with Gasteiger partial charge in [-0.25, -0.2) is 20.0 Å². The van der Waals surface area contributed by atoms with E-state index in [1.165, 1.54) is 47.0 Å². The lowest BCUT2D eigenvalue weighted by atomic mass is 9.74. The van der Waals surface area contributed by atoms with E-state index < -0.39 is 22.7 Å². The van der Waals surface area contributed by atoms with Gasteiger partial charge in [-0.3, -0.25) is 19.2 Å². The molecule has 0 aromatic carbocycles. The zero-order chi connectivity index (χ0) is 36.2. The molecule has 10 heterocycles. The minimum atomic E-state index is -0.639. The molecule has 1 aromatic rings. The number of hydrogen-bond acceptors (Lipinski definition) is 13. The topological polar surface area (TPSA) is 146 Å². The van der Waals surface area contributed by atoms with E-state index in [2.05, 4.69) is 28.5 Å². The molecule has 1 aromatic heterocycles. The van der Waals surface area contributed by atoms with Crippen molar-refractivity contribution in [2.45, 2.75) is 52.3 Å². The number of H-pyrrole nitrogens is 1. The molecule has 266 valence electrons. The Labute approximate surface area is 324 Å². The molecule has 10 nitrogen and oxygen atoms in total. The number of amidine groups is 2. The maximum absolute atomic E-state index is 13.6. The number of rotatable bonds is 1. The molecule has 0 amide bonds.